The van der Waals surface area contributed by atoms with Gasteiger partial charge in [-0.1, -0.05) is 42.5 Å². The van der Waals surface area contributed by atoms with Crippen LogP contribution in [0, 0.1) is 0 Å². The maximum atomic E-state index is 11.7. The molecule has 2 aliphatic heterocycles. The lowest BCUT2D eigenvalue weighted by atomic mass is 9.95. The number of carbonyl (C=O) groups excluding carboxylic acids is 1. The van der Waals surface area contributed by atoms with Crippen LogP contribution in [0.4, 0.5) is 0 Å². The van der Waals surface area contributed by atoms with Gasteiger partial charge in [0.2, 0.25) is 5.91 Å². The summed E-state index contributed by atoms with van der Waals surface area (Å²) in [6.07, 6.45) is 4.91. The minimum atomic E-state index is 0.172. The highest BCUT2D eigenvalue weighted by Gasteiger charge is 2.19. The third-order valence-corrected chi connectivity index (χ3v) is 7.27. The van der Waals surface area contributed by atoms with E-state index in [1.54, 1.807) is 6.07 Å². The summed E-state index contributed by atoms with van der Waals surface area (Å²) < 4.78 is 11.7. The summed E-state index contributed by atoms with van der Waals surface area (Å²) >= 11 is 0. The van der Waals surface area contributed by atoms with Crippen molar-refractivity contribution in [1.82, 2.24) is 9.80 Å². The van der Waals surface area contributed by atoms with Crippen molar-refractivity contribution in [3.05, 3.63) is 77.9 Å². The normalized spacial score (nSPS) is 15.9. The Morgan fingerprint density at radius 1 is 0.811 bits per heavy atom. The Bertz CT molecular complexity index is 1190. The van der Waals surface area contributed by atoms with E-state index in [2.05, 4.69) is 29.2 Å². The van der Waals surface area contributed by atoms with Gasteiger partial charge in [0.1, 0.15) is 19.0 Å². The maximum absolute atomic E-state index is 11.7. The summed E-state index contributed by atoms with van der Waals surface area (Å²) in [6.45, 7) is 5.75. The largest absolute Gasteiger partial charge is 0.504 e. The second-order valence-corrected chi connectivity index (χ2v) is 9.89. The topological polar surface area (TPSA) is 62.2 Å². The molecule has 6 nitrogen and oxygen atoms in total. The van der Waals surface area contributed by atoms with Crippen molar-refractivity contribution in [2.75, 3.05) is 45.9 Å². The SMILES string of the molecule is O=C1CCCN1CCOc1ccc(Cc2ccccc2-c2ccc(OCCN3CCCC3)c(O)c2)cc1. The van der Waals surface area contributed by atoms with E-state index in [1.165, 1.54) is 24.0 Å². The minimum absolute atomic E-state index is 0.172. The summed E-state index contributed by atoms with van der Waals surface area (Å²) in [5.41, 5.74) is 4.43. The molecule has 0 atom stereocenters. The molecule has 194 valence electrons. The zero-order chi connectivity index (χ0) is 25.5. The average Bonchev–Trinajstić information content (AvgIpc) is 3.58. The summed E-state index contributed by atoms with van der Waals surface area (Å²) in [5, 5.41) is 10.6. The Hall–Kier alpha value is -3.51. The molecule has 0 saturated carbocycles. The molecule has 1 N–H and O–H groups in total. The molecular formula is C31H36N2O4. The fourth-order valence-corrected chi connectivity index (χ4v) is 5.19. The molecule has 0 bridgehead atoms. The zero-order valence-electron chi connectivity index (χ0n) is 21.4. The molecule has 2 fully saturated rings. The average molecular weight is 501 g/mol. The van der Waals surface area contributed by atoms with Crippen LogP contribution in [0.1, 0.15) is 36.8 Å². The van der Waals surface area contributed by atoms with Crippen molar-refractivity contribution < 1.29 is 19.4 Å². The Morgan fingerprint density at radius 3 is 2.35 bits per heavy atom. The van der Waals surface area contributed by atoms with E-state index in [-0.39, 0.29) is 11.7 Å². The lowest BCUT2D eigenvalue weighted by Crippen LogP contribution is -2.29. The van der Waals surface area contributed by atoms with Gasteiger partial charge in [-0.25, -0.2) is 0 Å². The van der Waals surface area contributed by atoms with Gasteiger partial charge in [-0.2, -0.15) is 0 Å². The number of benzene rings is 3. The van der Waals surface area contributed by atoms with E-state index in [0.29, 0.717) is 31.9 Å². The van der Waals surface area contributed by atoms with E-state index in [4.69, 9.17) is 9.47 Å². The van der Waals surface area contributed by atoms with Gasteiger partial charge in [0.15, 0.2) is 11.5 Å². The third kappa shape index (κ3) is 6.63. The van der Waals surface area contributed by atoms with Crippen molar-refractivity contribution in [2.45, 2.75) is 32.1 Å². The van der Waals surface area contributed by atoms with Gasteiger partial charge in [-0.15, -0.1) is 0 Å². The highest BCUT2D eigenvalue weighted by Crippen LogP contribution is 2.34. The quantitative estimate of drug-likeness (QED) is 0.396. The van der Waals surface area contributed by atoms with Gasteiger partial charge in [0.25, 0.3) is 0 Å². The highest BCUT2D eigenvalue weighted by atomic mass is 16.5. The molecule has 3 aromatic rings. The van der Waals surface area contributed by atoms with Gasteiger partial charge < -0.3 is 19.5 Å². The zero-order valence-corrected chi connectivity index (χ0v) is 21.4. The number of phenols is 1. The van der Waals surface area contributed by atoms with Gasteiger partial charge in [-0.05, 0) is 85.3 Å². The first-order chi connectivity index (χ1) is 18.2. The van der Waals surface area contributed by atoms with Gasteiger partial charge in [0.05, 0.1) is 6.54 Å². The Balaban J connectivity index is 1.18. The van der Waals surface area contributed by atoms with Crippen LogP contribution in [0.15, 0.2) is 66.7 Å². The van der Waals surface area contributed by atoms with Crippen LogP contribution in [0.2, 0.25) is 0 Å². The van der Waals surface area contributed by atoms with Gasteiger partial charge >= 0.3 is 0 Å². The van der Waals surface area contributed by atoms with Crippen LogP contribution in [0.5, 0.6) is 17.2 Å². The molecule has 3 aromatic carbocycles. The molecule has 0 aliphatic carbocycles. The molecular weight excluding hydrogens is 464 g/mol. The van der Waals surface area contributed by atoms with E-state index in [9.17, 15) is 9.90 Å². The molecule has 37 heavy (non-hydrogen) atoms. The standard InChI is InChI=1S/C31H36N2O4/c34-29-23-26(11-14-30(29)37-20-18-32-15-3-4-16-32)28-7-2-1-6-25(28)22-24-9-12-27(13-10-24)36-21-19-33-17-5-8-31(33)35/h1-2,6-7,9-14,23,34H,3-5,8,15-22H2. The molecule has 0 spiro atoms. The number of likely N-dealkylation sites (tertiary alicyclic amines) is 2. The third-order valence-electron chi connectivity index (χ3n) is 7.27. The predicted molar refractivity (Wildman–Crippen MR) is 145 cm³/mol. The molecule has 2 saturated heterocycles. The Morgan fingerprint density at radius 2 is 1.59 bits per heavy atom. The fraction of sp³-hybridized carbons (Fsp3) is 0.387. The Kier molecular flexibility index (Phi) is 8.26. The molecule has 5 rings (SSSR count). The number of amides is 1. The number of phenolic OH excluding ortho intramolecular Hbond substituents is 1. The summed E-state index contributed by atoms with van der Waals surface area (Å²) in [4.78, 5) is 16.0. The van der Waals surface area contributed by atoms with Crippen LogP contribution in [0.25, 0.3) is 11.1 Å². The summed E-state index contributed by atoms with van der Waals surface area (Å²) in [5.74, 6) is 1.75. The first kappa shape index (κ1) is 25.2. The van der Waals surface area contributed by atoms with Crippen molar-refractivity contribution in [3.8, 4) is 28.4 Å². The molecule has 0 radical (unpaired) electrons. The second kappa shape index (κ2) is 12.2. The lowest BCUT2D eigenvalue weighted by molar-refractivity contribution is -0.128. The van der Waals surface area contributed by atoms with Crippen LogP contribution in [-0.4, -0.2) is 66.8 Å². The van der Waals surface area contributed by atoms with Gasteiger partial charge in [0, 0.05) is 19.5 Å². The Labute approximate surface area is 219 Å². The molecule has 0 aromatic heterocycles. The van der Waals surface area contributed by atoms with E-state index >= 15 is 0 Å². The fourth-order valence-electron chi connectivity index (χ4n) is 5.19. The number of hydrogen-bond acceptors (Lipinski definition) is 5. The number of rotatable bonds is 11. The molecule has 1 amide bonds. The second-order valence-electron chi connectivity index (χ2n) is 9.89. The summed E-state index contributed by atoms with van der Waals surface area (Å²) in [7, 11) is 0. The molecule has 0 unspecified atom stereocenters. The minimum Gasteiger partial charge on any atom is -0.504 e. The van der Waals surface area contributed by atoms with E-state index in [0.717, 1.165) is 55.9 Å². The predicted octanol–water partition coefficient (Wildman–Crippen LogP) is 5.13. The van der Waals surface area contributed by atoms with Gasteiger partial charge in [-0.3, -0.25) is 9.69 Å². The smallest absolute Gasteiger partial charge is 0.222 e. The van der Waals surface area contributed by atoms with Crippen molar-refractivity contribution in [2.24, 2.45) is 0 Å². The number of ether oxygens (including phenoxy) is 2. The van der Waals surface area contributed by atoms with Crippen molar-refractivity contribution >= 4 is 5.91 Å². The van der Waals surface area contributed by atoms with Crippen LogP contribution in [0.3, 0.4) is 0 Å². The van der Waals surface area contributed by atoms with E-state index < -0.39 is 0 Å². The molecule has 2 aliphatic rings. The highest BCUT2D eigenvalue weighted by molar-refractivity contribution is 5.78. The number of nitrogens with zero attached hydrogens (tertiary/aromatic N) is 2. The molecule has 6 heteroatoms. The summed E-state index contributed by atoms with van der Waals surface area (Å²) in [6, 6.07) is 22.1. The number of hydrogen-bond donors (Lipinski definition) is 1. The van der Waals surface area contributed by atoms with Crippen molar-refractivity contribution in [1.29, 1.82) is 0 Å². The first-order valence-electron chi connectivity index (χ1n) is 13.4. The van der Waals surface area contributed by atoms with Crippen LogP contribution >= 0.6 is 0 Å². The van der Waals surface area contributed by atoms with Crippen LogP contribution in [-0.2, 0) is 11.2 Å². The lowest BCUT2D eigenvalue weighted by Gasteiger charge is -2.16. The van der Waals surface area contributed by atoms with Crippen molar-refractivity contribution in [3.63, 3.8) is 0 Å². The monoisotopic (exact) mass is 500 g/mol. The number of aromatic hydroxyl groups is 1. The van der Waals surface area contributed by atoms with Crippen LogP contribution < -0.4 is 9.47 Å². The molecule has 2 heterocycles. The first-order valence-corrected chi connectivity index (χ1v) is 13.4. The maximum Gasteiger partial charge on any atom is 0.222 e. The van der Waals surface area contributed by atoms with E-state index in [1.807, 2.05) is 41.3 Å². The number of carbonyl (C=O) groups is 1.